The van der Waals surface area contributed by atoms with Gasteiger partial charge in [0.2, 0.25) is 0 Å². The number of rotatable bonds is 8. The molecule has 6 nitrogen and oxygen atoms in total. The van der Waals surface area contributed by atoms with Crippen LogP contribution in [0.15, 0.2) is 6.33 Å². The Kier molecular flexibility index (Phi) is 5.70. The van der Waals surface area contributed by atoms with Crippen LogP contribution in [0.25, 0.3) is 0 Å². The van der Waals surface area contributed by atoms with Gasteiger partial charge in [-0.25, -0.2) is 18.4 Å². The topological polar surface area (TPSA) is 89.0 Å². The molecule has 4 rings (SSSR count). The Hall–Kier alpha value is -1.50. The van der Waals surface area contributed by atoms with E-state index in [4.69, 9.17) is 0 Å². The van der Waals surface area contributed by atoms with Crippen molar-refractivity contribution in [3.05, 3.63) is 23.3 Å². The first-order valence-corrected chi connectivity index (χ1v) is 12.8. The van der Waals surface area contributed by atoms with Crippen molar-refractivity contribution in [2.45, 2.75) is 76.9 Å². The Labute approximate surface area is 174 Å². The number of aryl methyl sites for hydroxylation is 2. The lowest BCUT2D eigenvalue weighted by Crippen LogP contribution is -2.43. The van der Waals surface area contributed by atoms with Gasteiger partial charge in [-0.2, -0.15) is 0 Å². The zero-order chi connectivity index (χ0) is 20.6. The highest BCUT2D eigenvalue weighted by molar-refractivity contribution is 7.92. The van der Waals surface area contributed by atoms with Crippen LogP contribution in [0.4, 0.5) is 0 Å². The molecule has 1 heterocycles. The van der Waals surface area contributed by atoms with Crippen molar-refractivity contribution in [3.8, 4) is 0 Å². The van der Waals surface area contributed by atoms with E-state index >= 15 is 0 Å². The third kappa shape index (κ3) is 4.98. The van der Waals surface area contributed by atoms with E-state index in [0.717, 1.165) is 50.9 Å². The van der Waals surface area contributed by atoms with Crippen LogP contribution in [0.5, 0.6) is 0 Å². The van der Waals surface area contributed by atoms with Crippen molar-refractivity contribution in [3.63, 3.8) is 0 Å². The van der Waals surface area contributed by atoms with Gasteiger partial charge in [-0.05, 0) is 76.0 Å². The minimum atomic E-state index is -2.97. The number of sulfone groups is 1. The van der Waals surface area contributed by atoms with Crippen LogP contribution in [-0.2, 0) is 9.84 Å². The maximum absolute atomic E-state index is 12.8. The summed E-state index contributed by atoms with van der Waals surface area (Å²) in [6.07, 6.45) is 10.5. The highest BCUT2D eigenvalue weighted by atomic mass is 32.2. The average molecular weight is 420 g/mol. The lowest BCUT2D eigenvalue weighted by atomic mass is 9.70. The fraction of sp³-hybridized carbons (Fsp3) is 0.773. The van der Waals surface area contributed by atoms with Gasteiger partial charge in [0.25, 0.3) is 5.91 Å². The highest BCUT2D eigenvalue weighted by Crippen LogP contribution is 2.48. The van der Waals surface area contributed by atoms with Gasteiger partial charge in [-0.1, -0.05) is 12.8 Å². The molecule has 1 aromatic rings. The number of amides is 1. The summed E-state index contributed by atoms with van der Waals surface area (Å²) in [5, 5.41) is 2.97. The summed E-state index contributed by atoms with van der Waals surface area (Å²) in [5.41, 5.74) is 1.98. The fourth-order valence-corrected chi connectivity index (χ4v) is 7.19. The minimum absolute atomic E-state index is 0.0277. The van der Waals surface area contributed by atoms with E-state index in [2.05, 4.69) is 15.3 Å². The summed E-state index contributed by atoms with van der Waals surface area (Å²) >= 11 is 0. The molecule has 1 amide bonds. The van der Waals surface area contributed by atoms with Crippen LogP contribution in [0.3, 0.4) is 0 Å². The summed E-state index contributed by atoms with van der Waals surface area (Å²) in [6, 6.07) is 0. The summed E-state index contributed by atoms with van der Waals surface area (Å²) in [4.78, 5) is 21.2. The number of hydrogen-bond donors (Lipinski definition) is 1. The van der Waals surface area contributed by atoms with Crippen molar-refractivity contribution in [1.82, 2.24) is 15.3 Å². The molecule has 0 spiro atoms. The normalized spacial score (nSPS) is 27.6. The van der Waals surface area contributed by atoms with Gasteiger partial charge < -0.3 is 5.32 Å². The maximum atomic E-state index is 12.8. The lowest BCUT2D eigenvalue weighted by molar-refractivity contribution is 0.0893. The summed E-state index contributed by atoms with van der Waals surface area (Å²) in [6.45, 7) is 4.28. The molecule has 0 saturated heterocycles. The van der Waals surface area contributed by atoms with Crippen molar-refractivity contribution in [2.24, 2.45) is 17.3 Å². The predicted octanol–water partition coefficient (Wildman–Crippen LogP) is 3.38. The molecule has 160 valence electrons. The first-order valence-electron chi connectivity index (χ1n) is 11.1. The third-order valence-corrected chi connectivity index (χ3v) is 9.59. The molecular weight excluding hydrogens is 386 g/mol. The fourth-order valence-electron chi connectivity index (χ4n) is 4.98. The Bertz CT molecular complexity index is 847. The van der Waals surface area contributed by atoms with Crippen molar-refractivity contribution in [1.29, 1.82) is 0 Å². The molecule has 0 aliphatic heterocycles. The van der Waals surface area contributed by atoms with E-state index in [-0.39, 0.29) is 16.6 Å². The minimum Gasteiger partial charge on any atom is -0.351 e. The molecule has 1 N–H and O–H groups in total. The third-order valence-electron chi connectivity index (χ3n) is 7.16. The summed E-state index contributed by atoms with van der Waals surface area (Å²) in [5.74, 6) is 1.43. The molecule has 0 atom stereocenters. The van der Waals surface area contributed by atoms with E-state index in [9.17, 15) is 13.2 Å². The molecule has 0 aromatic carbocycles. The molecule has 0 bridgehead atoms. The molecule has 3 saturated carbocycles. The molecule has 29 heavy (non-hydrogen) atoms. The van der Waals surface area contributed by atoms with E-state index in [0.29, 0.717) is 35.2 Å². The second-order valence-corrected chi connectivity index (χ2v) is 12.0. The van der Waals surface area contributed by atoms with Gasteiger partial charge in [0.15, 0.2) is 9.84 Å². The largest absolute Gasteiger partial charge is 0.351 e. The molecular formula is C22H33N3O3S. The smallest absolute Gasteiger partial charge is 0.254 e. The molecule has 3 aliphatic rings. The van der Waals surface area contributed by atoms with Gasteiger partial charge >= 0.3 is 0 Å². The average Bonchev–Trinajstić information content (AvgIpc) is 3.58. The number of nitrogens with one attached hydrogen (secondary N) is 1. The molecule has 7 heteroatoms. The predicted molar refractivity (Wildman–Crippen MR) is 112 cm³/mol. The van der Waals surface area contributed by atoms with Crippen LogP contribution in [-0.4, -0.2) is 41.8 Å². The Morgan fingerprint density at radius 2 is 1.62 bits per heavy atom. The highest BCUT2D eigenvalue weighted by Gasteiger charge is 2.43. The molecule has 1 aromatic heterocycles. The second-order valence-electron chi connectivity index (χ2n) is 9.72. The van der Waals surface area contributed by atoms with E-state index in [1.54, 1.807) is 0 Å². The number of carbonyl (C=O) groups is 1. The van der Waals surface area contributed by atoms with Crippen LogP contribution < -0.4 is 5.32 Å². The Balaban J connectivity index is 1.41. The van der Waals surface area contributed by atoms with Crippen LogP contribution in [0.1, 0.15) is 79.5 Å². The van der Waals surface area contributed by atoms with Crippen LogP contribution >= 0.6 is 0 Å². The molecule has 0 radical (unpaired) electrons. The lowest BCUT2D eigenvalue weighted by Gasteiger charge is -2.40. The molecule has 0 unspecified atom stereocenters. The molecule has 3 fully saturated rings. The van der Waals surface area contributed by atoms with Gasteiger partial charge in [-0.15, -0.1) is 0 Å². The van der Waals surface area contributed by atoms with Crippen molar-refractivity contribution < 1.29 is 13.2 Å². The zero-order valence-electron chi connectivity index (χ0n) is 17.6. The van der Waals surface area contributed by atoms with Crippen molar-refractivity contribution in [2.75, 3.05) is 12.3 Å². The van der Waals surface area contributed by atoms with Crippen LogP contribution in [0.2, 0.25) is 0 Å². The number of aromatic nitrogens is 2. The Morgan fingerprint density at radius 1 is 1.03 bits per heavy atom. The van der Waals surface area contributed by atoms with E-state index in [1.807, 2.05) is 13.8 Å². The van der Waals surface area contributed by atoms with Gasteiger partial charge in [0.05, 0.1) is 28.0 Å². The summed E-state index contributed by atoms with van der Waals surface area (Å²) < 4.78 is 25.4. The van der Waals surface area contributed by atoms with Gasteiger partial charge in [0, 0.05) is 6.54 Å². The number of hydrogen-bond acceptors (Lipinski definition) is 5. The maximum Gasteiger partial charge on any atom is 0.254 e. The Morgan fingerprint density at radius 3 is 2.17 bits per heavy atom. The zero-order valence-corrected chi connectivity index (χ0v) is 18.4. The van der Waals surface area contributed by atoms with Gasteiger partial charge in [0.1, 0.15) is 6.33 Å². The standard InChI is InChI=1S/C22H33N3O3S/c1-15-20(16(2)25-14-24-15)21(26)23-13-22(11-17-3-4-17)9-7-19(8-10-22)29(27,28)12-18-5-6-18/h14,17-19H,3-13H2,1-2H3,(H,23,26). The molecule has 3 aliphatic carbocycles. The first-order chi connectivity index (χ1) is 13.8. The quantitative estimate of drug-likeness (QED) is 0.698. The van der Waals surface area contributed by atoms with Crippen LogP contribution in [0, 0.1) is 31.1 Å². The monoisotopic (exact) mass is 419 g/mol. The van der Waals surface area contributed by atoms with Crippen molar-refractivity contribution >= 4 is 15.7 Å². The SMILES string of the molecule is Cc1ncnc(C)c1C(=O)NCC1(CC2CC2)CCC(S(=O)(=O)CC2CC2)CC1. The first kappa shape index (κ1) is 20.8. The van der Waals surface area contributed by atoms with Gasteiger partial charge in [-0.3, -0.25) is 4.79 Å². The number of nitrogens with zero attached hydrogens (tertiary/aromatic N) is 2. The van der Waals surface area contributed by atoms with E-state index < -0.39 is 9.84 Å². The number of carbonyl (C=O) groups excluding carboxylic acids is 1. The summed E-state index contributed by atoms with van der Waals surface area (Å²) in [7, 11) is -2.97. The van der Waals surface area contributed by atoms with E-state index in [1.165, 1.54) is 19.2 Å². The second kappa shape index (κ2) is 7.97.